The SMILES string of the molecule is C[C@@H]1CCN(C)c2ccccc2N1C(=O)c1cc(-c2ccccn2)no1. The van der Waals surface area contributed by atoms with Gasteiger partial charge in [0.05, 0.1) is 17.1 Å². The molecule has 3 heterocycles. The molecule has 0 spiro atoms. The van der Waals surface area contributed by atoms with Gasteiger partial charge in [0.25, 0.3) is 5.91 Å². The Morgan fingerprint density at radius 3 is 2.65 bits per heavy atom. The lowest BCUT2D eigenvalue weighted by Crippen LogP contribution is -2.38. The van der Waals surface area contributed by atoms with Gasteiger partial charge in [-0.3, -0.25) is 9.78 Å². The summed E-state index contributed by atoms with van der Waals surface area (Å²) >= 11 is 0. The van der Waals surface area contributed by atoms with E-state index in [1.54, 1.807) is 12.3 Å². The molecule has 1 aromatic carbocycles. The number of pyridine rings is 1. The second-order valence-corrected chi connectivity index (χ2v) is 6.51. The summed E-state index contributed by atoms with van der Waals surface area (Å²) in [5.74, 6) is 0.0341. The molecule has 6 heteroatoms. The van der Waals surface area contributed by atoms with E-state index in [1.807, 2.05) is 54.4 Å². The van der Waals surface area contributed by atoms with Crippen molar-refractivity contribution >= 4 is 17.3 Å². The molecule has 2 aromatic heterocycles. The highest BCUT2D eigenvalue weighted by molar-refractivity contribution is 6.07. The third-order valence-electron chi connectivity index (χ3n) is 4.74. The summed E-state index contributed by atoms with van der Waals surface area (Å²) in [5.41, 5.74) is 3.16. The molecule has 1 aliphatic rings. The maximum absolute atomic E-state index is 13.2. The van der Waals surface area contributed by atoms with Gasteiger partial charge in [-0.05, 0) is 37.6 Å². The van der Waals surface area contributed by atoms with Crippen LogP contribution < -0.4 is 9.80 Å². The van der Waals surface area contributed by atoms with Gasteiger partial charge in [0.2, 0.25) is 5.76 Å². The largest absolute Gasteiger partial charge is 0.373 e. The third kappa shape index (κ3) is 2.83. The average molecular weight is 348 g/mol. The van der Waals surface area contributed by atoms with Gasteiger partial charge in [0.1, 0.15) is 5.69 Å². The molecule has 1 atom stereocenters. The van der Waals surface area contributed by atoms with Crippen LogP contribution in [0, 0.1) is 0 Å². The van der Waals surface area contributed by atoms with Crippen molar-refractivity contribution in [3.05, 3.63) is 60.5 Å². The van der Waals surface area contributed by atoms with Crippen molar-refractivity contribution in [2.75, 3.05) is 23.4 Å². The molecule has 0 unspecified atom stereocenters. The number of hydrogen-bond acceptors (Lipinski definition) is 5. The Morgan fingerprint density at radius 2 is 1.88 bits per heavy atom. The molecule has 4 rings (SSSR count). The molecular formula is C20H20N4O2. The molecule has 132 valence electrons. The van der Waals surface area contributed by atoms with Crippen molar-refractivity contribution in [1.29, 1.82) is 0 Å². The highest BCUT2D eigenvalue weighted by Gasteiger charge is 2.31. The smallest absolute Gasteiger partial charge is 0.297 e. The lowest BCUT2D eigenvalue weighted by molar-refractivity contribution is 0.0942. The molecule has 0 saturated heterocycles. The molecular weight excluding hydrogens is 328 g/mol. The van der Waals surface area contributed by atoms with E-state index in [1.165, 1.54) is 0 Å². The number of rotatable bonds is 2. The normalized spacial score (nSPS) is 16.9. The minimum atomic E-state index is -0.185. The first-order valence-electron chi connectivity index (χ1n) is 8.67. The zero-order valence-corrected chi connectivity index (χ0v) is 14.8. The van der Waals surface area contributed by atoms with Gasteiger partial charge in [-0.1, -0.05) is 23.4 Å². The van der Waals surface area contributed by atoms with Crippen molar-refractivity contribution < 1.29 is 9.32 Å². The van der Waals surface area contributed by atoms with Crippen molar-refractivity contribution in [1.82, 2.24) is 10.1 Å². The van der Waals surface area contributed by atoms with Gasteiger partial charge in [-0.2, -0.15) is 0 Å². The zero-order valence-electron chi connectivity index (χ0n) is 14.8. The fourth-order valence-corrected chi connectivity index (χ4v) is 3.30. The monoisotopic (exact) mass is 348 g/mol. The van der Waals surface area contributed by atoms with E-state index in [0.29, 0.717) is 11.4 Å². The van der Waals surface area contributed by atoms with Crippen LogP contribution in [0.25, 0.3) is 11.4 Å². The summed E-state index contributed by atoms with van der Waals surface area (Å²) in [6, 6.07) is 15.2. The maximum Gasteiger partial charge on any atom is 0.297 e. The number of anilines is 2. The maximum atomic E-state index is 13.2. The number of carbonyl (C=O) groups is 1. The van der Waals surface area contributed by atoms with Crippen LogP contribution in [0.3, 0.4) is 0 Å². The fourth-order valence-electron chi connectivity index (χ4n) is 3.30. The summed E-state index contributed by atoms with van der Waals surface area (Å²) in [4.78, 5) is 21.5. The standard InChI is InChI=1S/C20H20N4O2/c1-14-10-12-23(2)17-8-3-4-9-18(17)24(14)20(25)19-13-16(22-26-19)15-7-5-6-11-21-15/h3-9,11,13-14H,10,12H2,1-2H3/t14-/m1/s1. The molecule has 6 nitrogen and oxygen atoms in total. The second kappa shape index (κ2) is 6.63. The van der Waals surface area contributed by atoms with Crippen LogP contribution in [0.4, 0.5) is 11.4 Å². The predicted octanol–water partition coefficient (Wildman–Crippen LogP) is 3.61. The first kappa shape index (κ1) is 16.3. The quantitative estimate of drug-likeness (QED) is 0.708. The summed E-state index contributed by atoms with van der Waals surface area (Å²) < 4.78 is 5.37. The Morgan fingerprint density at radius 1 is 1.12 bits per heavy atom. The van der Waals surface area contributed by atoms with E-state index in [9.17, 15) is 4.79 Å². The third-order valence-corrected chi connectivity index (χ3v) is 4.74. The first-order chi connectivity index (χ1) is 12.6. The van der Waals surface area contributed by atoms with Crippen LogP contribution >= 0.6 is 0 Å². The number of carbonyl (C=O) groups excluding carboxylic acids is 1. The summed E-state index contributed by atoms with van der Waals surface area (Å²) in [7, 11) is 2.05. The Labute approximate surface area is 152 Å². The first-order valence-corrected chi connectivity index (χ1v) is 8.67. The van der Waals surface area contributed by atoms with Gasteiger partial charge < -0.3 is 14.3 Å². The summed E-state index contributed by atoms with van der Waals surface area (Å²) in [6.45, 7) is 2.95. The van der Waals surface area contributed by atoms with Crippen molar-refractivity contribution in [2.45, 2.75) is 19.4 Å². The van der Waals surface area contributed by atoms with Crippen LogP contribution in [-0.4, -0.2) is 35.7 Å². The molecule has 0 N–H and O–H groups in total. The lowest BCUT2D eigenvalue weighted by atomic mass is 10.1. The molecule has 0 saturated carbocycles. The molecule has 0 radical (unpaired) electrons. The number of benzene rings is 1. The van der Waals surface area contributed by atoms with E-state index in [-0.39, 0.29) is 17.7 Å². The van der Waals surface area contributed by atoms with E-state index in [4.69, 9.17) is 4.52 Å². The average Bonchev–Trinajstić information content (AvgIpc) is 3.13. The molecule has 26 heavy (non-hydrogen) atoms. The zero-order chi connectivity index (χ0) is 18.1. The number of amides is 1. The van der Waals surface area contributed by atoms with Gasteiger partial charge in [0, 0.05) is 31.9 Å². The highest BCUT2D eigenvalue weighted by Crippen LogP contribution is 2.35. The predicted molar refractivity (Wildman–Crippen MR) is 100 cm³/mol. The molecule has 3 aromatic rings. The molecule has 0 aliphatic carbocycles. The highest BCUT2D eigenvalue weighted by atomic mass is 16.5. The number of fused-ring (bicyclic) bond motifs is 1. The Kier molecular flexibility index (Phi) is 4.16. The van der Waals surface area contributed by atoms with Crippen LogP contribution in [0.15, 0.2) is 59.3 Å². The summed E-state index contributed by atoms with van der Waals surface area (Å²) in [5, 5.41) is 4.03. The number of nitrogens with zero attached hydrogens (tertiary/aromatic N) is 4. The van der Waals surface area contributed by atoms with Crippen LogP contribution in [0.1, 0.15) is 23.9 Å². The van der Waals surface area contributed by atoms with Gasteiger partial charge in [-0.25, -0.2) is 0 Å². The molecule has 1 aliphatic heterocycles. The number of hydrogen-bond donors (Lipinski definition) is 0. The molecule has 0 fully saturated rings. The topological polar surface area (TPSA) is 62.5 Å². The van der Waals surface area contributed by atoms with E-state index in [0.717, 1.165) is 24.3 Å². The Hall–Kier alpha value is -3.15. The van der Waals surface area contributed by atoms with Gasteiger partial charge in [0.15, 0.2) is 0 Å². The minimum Gasteiger partial charge on any atom is -0.373 e. The minimum absolute atomic E-state index is 0.0528. The van der Waals surface area contributed by atoms with E-state index in [2.05, 4.69) is 22.0 Å². The Bertz CT molecular complexity index is 922. The van der Waals surface area contributed by atoms with E-state index >= 15 is 0 Å². The van der Waals surface area contributed by atoms with Crippen LogP contribution in [0.5, 0.6) is 0 Å². The second-order valence-electron chi connectivity index (χ2n) is 6.51. The van der Waals surface area contributed by atoms with Gasteiger partial charge >= 0.3 is 0 Å². The lowest BCUT2D eigenvalue weighted by Gasteiger charge is -2.27. The van der Waals surface area contributed by atoms with Crippen LogP contribution in [-0.2, 0) is 0 Å². The summed E-state index contributed by atoms with van der Waals surface area (Å²) in [6.07, 6.45) is 2.56. The van der Waals surface area contributed by atoms with E-state index < -0.39 is 0 Å². The fraction of sp³-hybridized carbons (Fsp3) is 0.250. The van der Waals surface area contributed by atoms with Crippen molar-refractivity contribution in [3.63, 3.8) is 0 Å². The van der Waals surface area contributed by atoms with Crippen LogP contribution in [0.2, 0.25) is 0 Å². The van der Waals surface area contributed by atoms with Gasteiger partial charge in [-0.15, -0.1) is 0 Å². The number of para-hydroxylation sites is 2. The number of aromatic nitrogens is 2. The Balaban J connectivity index is 1.71. The molecule has 1 amide bonds. The van der Waals surface area contributed by atoms with Crippen molar-refractivity contribution in [3.8, 4) is 11.4 Å². The molecule has 0 bridgehead atoms. The van der Waals surface area contributed by atoms with Crippen molar-refractivity contribution in [2.24, 2.45) is 0 Å².